The predicted octanol–water partition coefficient (Wildman–Crippen LogP) is 0.292. The number of benzene rings is 1. The average Bonchev–Trinajstić information content (AvgIpc) is 3.15. The number of nitrogens with zero attached hydrogens (tertiary/aromatic N) is 3. The second kappa shape index (κ2) is 6.08. The van der Waals surface area contributed by atoms with Crippen molar-refractivity contribution in [2.45, 2.75) is 24.5 Å². The first kappa shape index (κ1) is 16.0. The van der Waals surface area contributed by atoms with Crippen LogP contribution in [0.25, 0.3) is 22.2 Å². The number of ether oxygens (including phenoxy) is 1. The Hall–Kier alpha value is -2.52. The van der Waals surface area contributed by atoms with Crippen LogP contribution >= 0.6 is 0 Å². The van der Waals surface area contributed by atoms with Crippen LogP contribution < -0.4 is 5.73 Å². The lowest BCUT2D eigenvalue weighted by Crippen LogP contribution is -2.33. The van der Waals surface area contributed by atoms with E-state index in [-0.39, 0.29) is 0 Å². The first-order valence-electron chi connectivity index (χ1n) is 7.90. The van der Waals surface area contributed by atoms with Crippen molar-refractivity contribution in [3.05, 3.63) is 42.9 Å². The summed E-state index contributed by atoms with van der Waals surface area (Å²) >= 11 is 0. The Morgan fingerprint density at radius 2 is 1.88 bits per heavy atom. The number of fused-ring (bicyclic) bond motifs is 1. The standard InChI is InChI=1S/C17H18N4O4/c18-15-12-10(9-4-2-1-3-5-9)6-21(16(12)20-8-19-15)17-14(24)13(23)11(7-22)25-17/h1-6,8,11,13-14,17,22-24H,7H2,(H2,18,19,20)/t11-,13?,14?,17-/m1/s1. The van der Waals surface area contributed by atoms with Gasteiger partial charge in [-0.2, -0.15) is 0 Å². The lowest BCUT2D eigenvalue weighted by molar-refractivity contribution is -0.0508. The van der Waals surface area contributed by atoms with E-state index in [0.717, 1.165) is 11.1 Å². The van der Waals surface area contributed by atoms with Gasteiger partial charge in [0.15, 0.2) is 6.23 Å². The zero-order chi connectivity index (χ0) is 17.6. The Kier molecular flexibility index (Phi) is 3.89. The molecule has 8 heteroatoms. The molecule has 1 aliphatic rings. The van der Waals surface area contributed by atoms with Crippen LogP contribution in [0.4, 0.5) is 5.82 Å². The molecule has 1 aromatic carbocycles. The molecule has 2 aromatic heterocycles. The molecule has 3 aromatic rings. The van der Waals surface area contributed by atoms with E-state index in [0.29, 0.717) is 16.9 Å². The van der Waals surface area contributed by atoms with Gasteiger partial charge < -0.3 is 30.4 Å². The molecule has 130 valence electrons. The first-order valence-corrected chi connectivity index (χ1v) is 7.90. The van der Waals surface area contributed by atoms with Crippen molar-refractivity contribution in [2.75, 3.05) is 12.3 Å². The van der Waals surface area contributed by atoms with Gasteiger partial charge >= 0.3 is 0 Å². The molecule has 5 N–H and O–H groups in total. The van der Waals surface area contributed by atoms with E-state index in [9.17, 15) is 15.3 Å². The van der Waals surface area contributed by atoms with Gasteiger partial charge in [-0.25, -0.2) is 9.97 Å². The highest BCUT2D eigenvalue weighted by atomic mass is 16.6. The van der Waals surface area contributed by atoms with Crippen molar-refractivity contribution in [1.29, 1.82) is 0 Å². The molecule has 1 aliphatic heterocycles. The third-order valence-corrected chi connectivity index (χ3v) is 4.51. The molecular formula is C17H18N4O4. The lowest BCUT2D eigenvalue weighted by atomic mass is 10.1. The number of anilines is 1. The number of aromatic nitrogens is 3. The molecule has 2 unspecified atom stereocenters. The van der Waals surface area contributed by atoms with Gasteiger partial charge in [-0.05, 0) is 5.56 Å². The summed E-state index contributed by atoms with van der Waals surface area (Å²) in [5.41, 5.74) is 8.27. The molecule has 4 rings (SSSR count). The number of hydrogen-bond acceptors (Lipinski definition) is 7. The van der Waals surface area contributed by atoms with Crippen molar-refractivity contribution < 1.29 is 20.1 Å². The maximum Gasteiger partial charge on any atom is 0.164 e. The van der Waals surface area contributed by atoms with Gasteiger partial charge in [0.2, 0.25) is 0 Å². The van der Waals surface area contributed by atoms with Gasteiger partial charge in [0.25, 0.3) is 0 Å². The van der Waals surface area contributed by atoms with E-state index in [1.807, 2.05) is 30.3 Å². The van der Waals surface area contributed by atoms with Crippen molar-refractivity contribution in [3.63, 3.8) is 0 Å². The average molecular weight is 342 g/mol. The van der Waals surface area contributed by atoms with Gasteiger partial charge in [0.1, 0.15) is 36.1 Å². The number of aliphatic hydroxyl groups excluding tert-OH is 3. The molecule has 25 heavy (non-hydrogen) atoms. The molecule has 4 atom stereocenters. The van der Waals surface area contributed by atoms with Gasteiger partial charge in [0.05, 0.1) is 12.0 Å². The number of aliphatic hydroxyl groups is 3. The van der Waals surface area contributed by atoms with Crippen molar-refractivity contribution in [3.8, 4) is 11.1 Å². The van der Waals surface area contributed by atoms with Crippen LogP contribution in [0.2, 0.25) is 0 Å². The summed E-state index contributed by atoms with van der Waals surface area (Å²) in [7, 11) is 0. The molecular weight excluding hydrogens is 324 g/mol. The minimum Gasteiger partial charge on any atom is -0.394 e. The number of hydrogen-bond donors (Lipinski definition) is 4. The van der Waals surface area contributed by atoms with Gasteiger partial charge in [-0.15, -0.1) is 0 Å². The molecule has 0 spiro atoms. The molecule has 0 aliphatic carbocycles. The van der Waals surface area contributed by atoms with Crippen LogP contribution in [0.3, 0.4) is 0 Å². The van der Waals surface area contributed by atoms with Gasteiger partial charge in [-0.3, -0.25) is 0 Å². The molecule has 1 saturated heterocycles. The van der Waals surface area contributed by atoms with Crippen LogP contribution in [0.15, 0.2) is 42.9 Å². The van der Waals surface area contributed by atoms with Gasteiger partial charge in [-0.1, -0.05) is 30.3 Å². The highest BCUT2D eigenvalue weighted by Crippen LogP contribution is 2.38. The Balaban J connectivity index is 1.90. The normalized spacial score (nSPS) is 26.4. The topological polar surface area (TPSA) is 127 Å². The zero-order valence-electron chi connectivity index (χ0n) is 13.2. The van der Waals surface area contributed by atoms with E-state index in [1.165, 1.54) is 6.33 Å². The van der Waals surface area contributed by atoms with Crippen molar-refractivity contribution in [1.82, 2.24) is 14.5 Å². The molecule has 0 bridgehead atoms. The van der Waals surface area contributed by atoms with Crippen LogP contribution in [0.5, 0.6) is 0 Å². The second-order valence-electron chi connectivity index (χ2n) is 6.00. The Morgan fingerprint density at radius 3 is 2.56 bits per heavy atom. The highest BCUT2D eigenvalue weighted by Gasteiger charge is 2.44. The highest BCUT2D eigenvalue weighted by molar-refractivity contribution is 6.00. The number of rotatable bonds is 3. The number of nitrogens with two attached hydrogens (primary N) is 1. The summed E-state index contributed by atoms with van der Waals surface area (Å²) in [6, 6.07) is 9.59. The van der Waals surface area contributed by atoms with Crippen LogP contribution in [0.1, 0.15) is 6.23 Å². The van der Waals surface area contributed by atoms with Crippen LogP contribution in [0, 0.1) is 0 Å². The van der Waals surface area contributed by atoms with Crippen LogP contribution in [-0.2, 0) is 4.74 Å². The third-order valence-electron chi connectivity index (χ3n) is 4.51. The lowest BCUT2D eigenvalue weighted by Gasteiger charge is -2.17. The summed E-state index contributed by atoms with van der Waals surface area (Å²) in [5, 5.41) is 30.3. The fraction of sp³-hybridized carbons (Fsp3) is 0.294. The monoisotopic (exact) mass is 342 g/mol. The fourth-order valence-electron chi connectivity index (χ4n) is 3.25. The summed E-state index contributed by atoms with van der Waals surface area (Å²) in [6.07, 6.45) is -1.03. The maximum absolute atomic E-state index is 10.3. The molecule has 8 nitrogen and oxygen atoms in total. The van der Waals surface area contributed by atoms with Gasteiger partial charge in [0, 0.05) is 11.8 Å². The molecule has 0 saturated carbocycles. The Labute approximate surface area is 143 Å². The van der Waals surface area contributed by atoms with Crippen LogP contribution in [-0.4, -0.2) is 54.8 Å². The maximum atomic E-state index is 10.3. The van der Waals surface area contributed by atoms with E-state index < -0.39 is 31.1 Å². The quantitative estimate of drug-likeness (QED) is 0.539. The minimum absolute atomic E-state index is 0.314. The molecule has 0 amide bonds. The predicted molar refractivity (Wildman–Crippen MR) is 90.4 cm³/mol. The number of nitrogen functional groups attached to an aromatic ring is 1. The fourth-order valence-corrected chi connectivity index (χ4v) is 3.25. The Morgan fingerprint density at radius 1 is 1.12 bits per heavy atom. The summed E-state index contributed by atoms with van der Waals surface area (Å²) < 4.78 is 7.25. The van der Waals surface area contributed by atoms with Crippen molar-refractivity contribution >= 4 is 16.9 Å². The molecule has 3 heterocycles. The minimum atomic E-state index is -1.20. The van der Waals surface area contributed by atoms with E-state index in [4.69, 9.17) is 10.5 Å². The second-order valence-corrected chi connectivity index (χ2v) is 6.00. The smallest absolute Gasteiger partial charge is 0.164 e. The first-order chi connectivity index (χ1) is 12.1. The molecule has 1 fully saturated rings. The van der Waals surface area contributed by atoms with E-state index in [2.05, 4.69) is 9.97 Å². The zero-order valence-corrected chi connectivity index (χ0v) is 13.2. The third kappa shape index (κ3) is 2.47. The molecule has 0 radical (unpaired) electrons. The SMILES string of the molecule is Nc1ncnc2c1c(-c1ccccc1)cn2[C@@H]1O[C@H](CO)C(O)C1O. The van der Waals surface area contributed by atoms with E-state index >= 15 is 0 Å². The van der Waals surface area contributed by atoms with Crippen molar-refractivity contribution in [2.24, 2.45) is 0 Å². The summed E-state index contributed by atoms with van der Waals surface area (Å²) in [5.74, 6) is 0.314. The summed E-state index contributed by atoms with van der Waals surface area (Å²) in [4.78, 5) is 8.34. The Bertz CT molecular complexity index is 898. The largest absolute Gasteiger partial charge is 0.394 e. The van der Waals surface area contributed by atoms with E-state index in [1.54, 1.807) is 10.8 Å². The summed E-state index contributed by atoms with van der Waals surface area (Å²) in [6.45, 7) is -0.392.